The number of hydrogen-bond donors (Lipinski definition) is 2. The van der Waals surface area contributed by atoms with Gasteiger partial charge in [0.1, 0.15) is 5.54 Å². The smallest absolute Gasteiger partial charge is 0.329 e. The highest BCUT2D eigenvalue weighted by Gasteiger charge is 2.39. The number of carboxylic acid groups (broad SMARTS) is 1. The second-order valence-electron chi connectivity index (χ2n) is 4.95. The summed E-state index contributed by atoms with van der Waals surface area (Å²) >= 11 is 0. The second-order valence-corrected chi connectivity index (χ2v) is 4.95. The Morgan fingerprint density at radius 2 is 2.00 bits per heavy atom. The molecule has 1 aliphatic rings. The number of anilines is 1. The normalized spacial score (nSPS) is 18.9. The molecule has 1 aromatic heterocycles. The Labute approximate surface area is 107 Å². The summed E-state index contributed by atoms with van der Waals surface area (Å²) in [6.45, 7) is 1.87. The van der Waals surface area contributed by atoms with Gasteiger partial charge in [0.2, 0.25) is 5.95 Å². The fraction of sp³-hybridized carbons (Fsp3) is 0.615. The van der Waals surface area contributed by atoms with E-state index in [-0.39, 0.29) is 0 Å². The highest BCUT2D eigenvalue weighted by molar-refractivity contribution is 5.82. The van der Waals surface area contributed by atoms with Crippen molar-refractivity contribution < 1.29 is 9.90 Å². The second kappa shape index (κ2) is 5.33. The first-order valence-electron chi connectivity index (χ1n) is 6.44. The molecular formula is C13H19N3O2. The largest absolute Gasteiger partial charge is 0.480 e. The van der Waals surface area contributed by atoms with Crippen LogP contribution in [-0.4, -0.2) is 26.6 Å². The molecule has 5 nitrogen and oxygen atoms in total. The predicted octanol–water partition coefficient (Wildman–Crippen LogP) is 2.37. The molecule has 1 heterocycles. The molecule has 0 radical (unpaired) electrons. The molecule has 0 bridgehead atoms. The summed E-state index contributed by atoms with van der Waals surface area (Å²) in [5.74, 6) is -0.381. The predicted molar refractivity (Wildman–Crippen MR) is 68.5 cm³/mol. The van der Waals surface area contributed by atoms with E-state index in [4.69, 9.17) is 0 Å². The standard InChI is InChI=1S/C13H19N3O2/c1-10-6-9-14-12(15-10)16-13(11(17)18)7-4-2-3-5-8-13/h6,9H,2-5,7-8H2,1H3,(H,17,18)(H,14,15,16). The van der Waals surface area contributed by atoms with Crippen molar-refractivity contribution >= 4 is 11.9 Å². The Kier molecular flexibility index (Phi) is 3.79. The summed E-state index contributed by atoms with van der Waals surface area (Å²) in [6.07, 6.45) is 7.00. The van der Waals surface area contributed by atoms with Crippen molar-refractivity contribution in [2.75, 3.05) is 5.32 Å². The monoisotopic (exact) mass is 249 g/mol. The Balaban J connectivity index is 2.22. The van der Waals surface area contributed by atoms with Gasteiger partial charge in [-0.05, 0) is 25.8 Å². The van der Waals surface area contributed by atoms with Crippen molar-refractivity contribution in [2.24, 2.45) is 0 Å². The van der Waals surface area contributed by atoms with Gasteiger partial charge >= 0.3 is 5.97 Å². The molecule has 1 saturated carbocycles. The van der Waals surface area contributed by atoms with Crippen molar-refractivity contribution in [3.63, 3.8) is 0 Å². The van der Waals surface area contributed by atoms with Crippen LogP contribution in [-0.2, 0) is 4.79 Å². The van der Waals surface area contributed by atoms with E-state index in [9.17, 15) is 9.90 Å². The zero-order valence-electron chi connectivity index (χ0n) is 10.6. The van der Waals surface area contributed by atoms with Gasteiger partial charge in [-0.15, -0.1) is 0 Å². The lowest BCUT2D eigenvalue weighted by molar-refractivity contribution is -0.142. The maximum Gasteiger partial charge on any atom is 0.329 e. The molecule has 98 valence electrons. The minimum atomic E-state index is -0.899. The number of aromatic nitrogens is 2. The molecule has 5 heteroatoms. The van der Waals surface area contributed by atoms with Gasteiger partial charge in [-0.25, -0.2) is 14.8 Å². The van der Waals surface area contributed by atoms with Crippen molar-refractivity contribution in [3.8, 4) is 0 Å². The molecule has 2 N–H and O–H groups in total. The van der Waals surface area contributed by atoms with Crippen LogP contribution in [0.25, 0.3) is 0 Å². The lowest BCUT2D eigenvalue weighted by Gasteiger charge is -2.29. The first-order valence-corrected chi connectivity index (χ1v) is 6.44. The number of nitrogens with zero attached hydrogens (tertiary/aromatic N) is 2. The third-order valence-corrected chi connectivity index (χ3v) is 3.51. The lowest BCUT2D eigenvalue weighted by atomic mass is 9.90. The van der Waals surface area contributed by atoms with Crippen molar-refractivity contribution in [1.29, 1.82) is 0 Å². The Bertz CT molecular complexity index is 426. The maximum atomic E-state index is 11.6. The number of carbonyl (C=O) groups is 1. The molecule has 2 rings (SSSR count). The molecule has 0 aromatic carbocycles. The molecule has 0 aliphatic heterocycles. The molecule has 1 fully saturated rings. The zero-order chi connectivity index (χ0) is 13.0. The number of aliphatic carboxylic acids is 1. The van der Waals surface area contributed by atoms with Crippen LogP contribution in [0.2, 0.25) is 0 Å². The topological polar surface area (TPSA) is 75.1 Å². The average molecular weight is 249 g/mol. The van der Waals surface area contributed by atoms with E-state index < -0.39 is 11.5 Å². The fourth-order valence-electron chi connectivity index (χ4n) is 2.45. The zero-order valence-corrected chi connectivity index (χ0v) is 10.6. The quantitative estimate of drug-likeness (QED) is 0.804. The van der Waals surface area contributed by atoms with Crippen LogP contribution in [0.3, 0.4) is 0 Å². The number of hydrogen-bond acceptors (Lipinski definition) is 4. The first-order chi connectivity index (χ1) is 8.62. The van der Waals surface area contributed by atoms with E-state index in [1.807, 2.05) is 6.92 Å². The third kappa shape index (κ3) is 2.78. The lowest BCUT2D eigenvalue weighted by Crippen LogP contribution is -2.46. The molecular weight excluding hydrogens is 230 g/mol. The molecule has 18 heavy (non-hydrogen) atoms. The highest BCUT2D eigenvalue weighted by Crippen LogP contribution is 2.30. The van der Waals surface area contributed by atoms with Crippen LogP contribution in [0, 0.1) is 6.92 Å². The molecule has 0 atom stereocenters. The van der Waals surface area contributed by atoms with Crippen LogP contribution >= 0.6 is 0 Å². The van der Waals surface area contributed by atoms with Crippen molar-refractivity contribution in [1.82, 2.24) is 9.97 Å². The summed E-state index contributed by atoms with van der Waals surface area (Å²) in [7, 11) is 0. The van der Waals surface area contributed by atoms with E-state index in [0.717, 1.165) is 31.4 Å². The van der Waals surface area contributed by atoms with Gasteiger partial charge in [-0.1, -0.05) is 25.7 Å². The maximum absolute atomic E-state index is 11.6. The summed E-state index contributed by atoms with van der Waals surface area (Å²) in [5, 5.41) is 12.6. The Morgan fingerprint density at radius 1 is 1.33 bits per heavy atom. The van der Waals surface area contributed by atoms with Crippen LogP contribution < -0.4 is 5.32 Å². The van der Waals surface area contributed by atoms with Gasteiger partial charge in [-0.2, -0.15) is 0 Å². The van der Waals surface area contributed by atoms with Crippen LogP contribution in [0.4, 0.5) is 5.95 Å². The first kappa shape index (κ1) is 12.8. The summed E-state index contributed by atoms with van der Waals surface area (Å²) in [6, 6.07) is 1.80. The summed E-state index contributed by atoms with van der Waals surface area (Å²) in [5.41, 5.74) is -0.0636. The van der Waals surface area contributed by atoms with Gasteiger partial charge < -0.3 is 10.4 Å². The number of rotatable bonds is 3. The van der Waals surface area contributed by atoms with E-state index in [2.05, 4.69) is 15.3 Å². The Hall–Kier alpha value is -1.65. The van der Waals surface area contributed by atoms with Gasteiger partial charge in [0.05, 0.1) is 0 Å². The van der Waals surface area contributed by atoms with Gasteiger partial charge in [0, 0.05) is 11.9 Å². The van der Waals surface area contributed by atoms with Crippen LogP contribution in [0.15, 0.2) is 12.3 Å². The molecule has 1 aliphatic carbocycles. The summed E-state index contributed by atoms with van der Waals surface area (Å²) < 4.78 is 0. The van der Waals surface area contributed by atoms with Crippen LogP contribution in [0.5, 0.6) is 0 Å². The van der Waals surface area contributed by atoms with Gasteiger partial charge in [-0.3, -0.25) is 0 Å². The highest BCUT2D eigenvalue weighted by atomic mass is 16.4. The van der Waals surface area contributed by atoms with Gasteiger partial charge in [0.15, 0.2) is 0 Å². The molecule has 0 saturated heterocycles. The number of aryl methyl sites for hydroxylation is 1. The molecule has 0 amide bonds. The molecule has 1 aromatic rings. The minimum absolute atomic E-state index is 0.416. The van der Waals surface area contributed by atoms with Crippen LogP contribution in [0.1, 0.15) is 44.2 Å². The number of nitrogens with one attached hydrogen (secondary N) is 1. The third-order valence-electron chi connectivity index (χ3n) is 3.51. The van der Waals surface area contributed by atoms with Crippen molar-refractivity contribution in [3.05, 3.63) is 18.0 Å². The molecule has 0 unspecified atom stereocenters. The number of carboxylic acids is 1. The van der Waals surface area contributed by atoms with Gasteiger partial charge in [0.25, 0.3) is 0 Å². The Morgan fingerprint density at radius 3 is 2.56 bits per heavy atom. The average Bonchev–Trinajstić information content (AvgIpc) is 2.55. The molecule has 0 spiro atoms. The van der Waals surface area contributed by atoms with Crippen molar-refractivity contribution in [2.45, 2.75) is 51.0 Å². The summed E-state index contributed by atoms with van der Waals surface area (Å²) in [4.78, 5) is 19.9. The van der Waals surface area contributed by atoms with E-state index in [1.165, 1.54) is 0 Å². The van der Waals surface area contributed by atoms with E-state index in [1.54, 1.807) is 12.3 Å². The minimum Gasteiger partial charge on any atom is -0.480 e. The fourth-order valence-corrected chi connectivity index (χ4v) is 2.45. The van der Waals surface area contributed by atoms with E-state index in [0.29, 0.717) is 18.8 Å². The van der Waals surface area contributed by atoms with E-state index >= 15 is 0 Å². The SMILES string of the molecule is Cc1ccnc(NC2(C(=O)O)CCCCCC2)n1.